The molecule has 12 heteroatoms. The molecule has 1 aliphatic rings. The lowest BCUT2D eigenvalue weighted by atomic mass is 9.95. The summed E-state index contributed by atoms with van der Waals surface area (Å²) < 4.78 is 38.8. The lowest BCUT2D eigenvalue weighted by Crippen LogP contribution is -2.47. The second-order valence-electron chi connectivity index (χ2n) is 8.29. The van der Waals surface area contributed by atoms with Gasteiger partial charge in [0.25, 0.3) is 5.69 Å². The van der Waals surface area contributed by atoms with E-state index in [1.165, 1.54) is 0 Å². The number of hydrogen-bond donors (Lipinski definition) is 3. The summed E-state index contributed by atoms with van der Waals surface area (Å²) in [7, 11) is 0. The first kappa shape index (κ1) is 24.0. The number of fused-ring (bicyclic) bond motifs is 1. The van der Waals surface area contributed by atoms with Gasteiger partial charge in [0.2, 0.25) is 11.8 Å². The van der Waals surface area contributed by atoms with E-state index in [0.29, 0.717) is 18.9 Å². The third-order valence-corrected chi connectivity index (χ3v) is 6.06. The molecule has 1 aliphatic heterocycles. The Kier molecular flexibility index (Phi) is 6.63. The van der Waals surface area contributed by atoms with Crippen molar-refractivity contribution in [3.8, 4) is 0 Å². The molecule has 9 nitrogen and oxygen atoms in total. The minimum absolute atomic E-state index is 0.0698. The number of anilines is 1. The number of halogens is 3. The smallest absolute Gasteiger partial charge is 0.366 e. The van der Waals surface area contributed by atoms with Crippen LogP contribution in [-0.2, 0) is 22.2 Å². The van der Waals surface area contributed by atoms with Crippen LogP contribution in [0.25, 0.3) is 10.9 Å². The van der Waals surface area contributed by atoms with Gasteiger partial charge in [-0.15, -0.1) is 0 Å². The summed E-state index contributed by atoms with van der Waals surface area (Å²) in [6.07, 6.45) is -2.24. The Hall–Kier alpha value is -4.09. The van der Waals surface area contributed by atoms with Crippen molar-refractivity contribution in [2.75, 3.05) is 18.0 Å². The number of rotatable bonds is 5. The molecule has 184 valence electrons. The van der Waals surface area contributed by atoms with E-state index < -0.39 is 28.3 Å². The molecule has 4 rings (SSSR count). The van der Waals surface area contributed by atoms with E-state index >= 15 is 0 Å². The topological polar surface area (TPSA) is 120 Å². The van der Waals surface area contributed by atoms with Gasteiger partial charge in [-0.1, -0.05) is 18.2 Å². The number of nitrogens with zero attached hydrogens (tertiary/aromatic N) is 2. The molecule has 1 fully saturated rings. The number of carbonyl (C=O) groups is 2. The van der Waals surface area contributed by atoms with Crippen LogP contribution in [0.15, 0.2) is 48.7 Å². The number of nitro groups is 1. The molecule has 3 N–H and O–H groups in total. The zero-order valence-corrected chi connectivity index (χ0v) is 18.4. The number of nitrogens with one attached hydrogen (secondary N) is 3. The highest BCUT2D eigenvalue weighted by molar-refractivity contribution is 5.90. The van der Waals surface area contributed by atoms with Crippen molar-refractivity contribution in [2.45, 2.75) is 25.4 Å². The molecular weight excluding hydrogens is 467 g/mol. The Bertz CT molecular complexity index is 1270. The zero-order chi connectivity index (χ0) is 25.2. The maximum Gasteiger partial charge on any atom is 0.416 e. The monoisotopic (exact) mass is 489 g/mol. The summed E-state index contributed by atoms with van der Waals surface area (Å²) in [5.41, 5.74) is 4.87. The predicted molar refractivity (Wildman–Crippen MR) is 121 cm³/mol. The number of aromatic amines is 1. The molecule has 0 bridgehead atoms. The first-order valence-electron chi connectivity index (χ1n) is 10.9. The average Bonchev–Trinajstić information content (AvgIpc) is 3.24. The van der Waals surface area contributed by atoms with E-state index in [1.54, 1.807) is 11.1 Å². The van der Waals surface area contributed by atoms with Crippen molar-refractivity contribution in [1.82, 2.24) is 15.8 Å². The van der Waals surface area contributed by atoms with Crippen molar-refractivity contribution in [3.05, 3.63) is 69.9 Å². The molecule has 0 atom stereocenters. The SMILES string of the molecule is O=C(Cc1c[nH]c2ccccc12)NNC(=O)C1CCN(c2ccc(C(F)(F)F)cc2[N+](=O)[O-])CC1. The minimum Gasteiger partial charge on any atom is -0.366 e. The maximum atomic E-state index is 12.9. The molecule has 2 heterocycles. The average molecular weight is 489 g/mol. The molecule has 0 aliphatic carbocycles. The second kappa shape index (κ2) is 9.65. The van der Waals surface area contributed by atoms with E-state index in [4.69, 9.17) is 0 Å². The molecule has 0 saturated carbocycles. The molecule has 35 heavy (non-hydrogen) atoms. The van der Waals surface area contributed by atoms with Crippen LogP contribution < -0.4 is 15.8 Å². The highest BCUT2D eigenvalue weighted by Gasteiger charge is 2.35. The van der Waals surface area contributed by atoms with Crippen LogP contribution in [0.2, 0.25) is 0 Å². The van der Waals surface area contributed by atoms with Gasteiger partial charge >= 0.3 is 6.18 Å². The molecule has 2 aromatic carbocycles. The van der Waals surface area contributed by atoms with Crippen molar-refractivity contribution in [1.29, 1.82) is 0 Å². The Labute approximate surface area is 197 Å². The van der Waals surface area contributed by atoms with Crippen LogP contribution in [0.1, 0.15) is 24.0 Å². The lowest BCUT2D eigenvalue weighted by Gasteiger charge is -2.32. The Balaban J connectivity index is 1.31. The number of aromatic nitrogens is 1. The molecule has 1 saturated heterocycles. The molecule has 1 aromatic heterocycles. The van der Waals surface area contributed by atoms with E-state index in [1.807, 2.05) is 24.3 Å². The van der Waals surface area contributed by atoms with Gasteiger partial charge in [0, 0.05) is 42.2 Å². The number of nitro benzene ring substituents is 1. The fourth-order valence-electron chi connectivity index (χ4n) is 4.22. The number of hydrogen-bond acceptors (Lipinski definition) is 5. The van der Waals surface area contributed by atoms with Crippen LogP contribution in [0.3, 0.4) is 0 Å². The van der Waals surface area contributed by atoms with Gasteiger partial charge in [-0.05, 0) is 36.6 Å². The molecule has 0 unspecified atom stereocenters. The lowest BCUT2D eigenvalue weighted by molar-refractivity contribution is -0.384. The molecule has 0 radical (unpaired) electrons. The second-order valence-corrected chi connectivity index (χ2v) is 8.29. The number of hydrazine groups is 1. The van der Waals surface area contributed by atoms with Crippen molar-refractivity contribution in [3.63, 3.8) is 0 Å². The fourth-order valence-corrected chi connectivity index (χ4v) is 4.22. The summed E-state index contributed by atoms with van der Waals surface area (Å²) in [6, 6.07) is 9.95. The van der Waals surface area contributed by atoms with Crippen molar-refractivity contribution < 1.29 is 27.7 Å². The van der Waals surface area contributed by atoms with Gasteiger partial charge < -0.3 is 9.88 Å². The van der Waals surface area contributed by atoms with Crippen LogP contribution in [0.4, 0.5) is 24.5 Å². The van der Waals surface area contributed by atoms with Crippen LogP contribution in [0, 0.1) is 16.0 Å². The number of H-pyrrole nitrogens is 1. The van der Waals surface area contributed by atoms with Gasteiger partial charge in [0.05, 0.1) is 16.9 Å². The maximum absolute atomic E-state index is 12.9. The Morgan fingerprint density at radius 3 is 2.51 bits per heavy atom. The normalized spacial score (nSPS) is 14.7. The number of carbonyl (C=O) groups excluding carboxylic acids is 2. The van der Waals surface area contributed by atoms with Crippen molar-refractivity contribution >= 4 is 34.1 Å². The van der Waals surface area contributed by atoms with Crippen molar-refractivity contribution in [2.24, 2.45) is 5.92 Å². The minimum atomic E-state index is -4.69. The Morgan fingerprint density at radius 1 is 1.11 bits per heavy atom. The summed E-state index contributed by atoms with van der Waals surface area (Å²) in [5, 5.41) is 12.3. The summed E-state index contributed by atoms with van der Waals surface area (Å²) in [4.78, 5) is 40.0. The molecule has 2 amide bonds. The van der Waals surface area contributed by atoms with Gasteiger partial charge in [-0.3, -0.25) is 30.6 Å². The van der Waals surface area contributed by atoms with Crippen LogP contribution in [-0.4, -0.2) is 34.8 Å². The number of piperidine rings is 1. The largest absolute Gasteiger partial charge is 0.416 e. The van der Waals surface area contributed by atoms with Gasteiger partial charge in [0.15, 0.2) is 0 Å². The van der Waals surface area contributed by atoms with Gasteiger partial charge in [-0.2, -0.15) is 13.2 Å². The first-order valence-corrected chi connectivity index (χ1v) is 10.9. The number of benzene rings is 2. The van der Waals surface area contributed by atoms with E-state index in [2.05, 4.69) is 15.8 Å². The first-order chi connectivity index (χ1) is 16.6. The highest BCUT2D eigenvalue weighted by atomic mass is 19.4. The zero-order valence-electron chi connectivity index (χ0n) is 18.4. The van der Waals surface area contributed by atoms with E-state index in [0.717, 1.165) is 28.6 Å². The Morgan fingerprint density at radius 2 is 1.83 bits per heavy atom. The third kappa shape index (κ3) is 5.36. The standard InChI is InChI=1S/C23H22F3N5O4/c24-23(25,26)16-5-6-19(20(12-16)31(34)35)30-9-7-14(8-10-30)22(33)29-28-21(32)11-15-13-27-18-4-2-1-3-17(15)18/h1-6,12-14,27H,7-11H2,(H,28,32)(H,29,33). The van der Waals surface area contributed by atoms with E-state index in [9.17, 15) is 32.9 Å². The van der Waals surface area contributed by atoms with Gasteiger partial charge in [0.1, 0.15) is 5.69 Å². The van der Waals surface area contributed by atoms with Crippen LogP contribution >= 0.6 is 0 Å². The van der Waals surface area contributed by atoms with E-state index in [-0.39, 0.29) is 37.0 Å². The number of alkyl halides is 3. The summed E-state index contributed by atoms with van der Waals surface area (Å²) >= 11 is 0. The number of amides is 2. The quantitative estimate of drug-likeness (QED) is 0.373. The van der Waals surface area contributed by atoms with Crippen LogP contribution in [0.5, 0.6) is 0 Å². The predicted octanol–water partition coefficient (Wildman–Crippen LogP) is 3.70. The highest BCUT2D eigenvalue weighted by Crippen LogP contribution is 2.37. The third-order valence-electron chi connectivity index (χ3n) is 6.06. The molecule has 3 aromatic rings. The van der Waals surface area contributed by atoms with Gasteiger partial charge in [-0.25, -0.2) is 0 Å². The number of para-hydroxylation sites is 1. The fraction of sp³-hybridized carbons (Fsp3) is 0.304. The molecule has 0 spiro atoms. The molecular formula is C23H22F3N5O4. The summed E-state index contributed by atoms with van der Waals surface area (Å²) in [5.74, 6) is -1.23. The summed E-state index contributed by atoms with van der Waals surface area (Å²) in [6.45, 7) is 0.487.